The SMILES string of the molecule is COc1ccc2ncc(Cl)c(C(O)CCC3(C(=O)NO)CCN(CC#Cc4ccc(F)cc4)CC3)c2c1. The first-order chi connectivity index (χ1) is 17.8. The second kappa shape index (κ2) is 11.9. The lowest BCUT2D eigenvalue weighted by Crippen LogP contribution is -2.48. The van der Waals surface area contributed by atoms with E-state index >= 15 is 0 Å². The molecular weight excluding hydrogens is 497 g/mol. The maximum absolute atomic E-state index is 13.1. The number of hydrogen-bond acceptors (Lipinski definition) is 6. The van der Waals surface area contributed by atoms with Gasteiger partial charge in [-0.15, -0.1) is 0 Å². The molecule has 2 heterocycles. The summed E-state index contributed by atoms with van der Waals surface area (Å²) in [6.07, 6.45) is 2.21. The number of carbonyl (C=O) groups is 1. The van der Waals surface area contributed by atoms with Gasteiger partial charge < -0.3 is 9.84 Å². The van der Waals surface area contributed by atoms with E-state index in [0.29, 0.717) is 66.1 Å². The summed E-state index contributed by atoms with van der Waals surface area (Å²) in [5.41, 5.74) is 2.95. The molecule has 194 valence electrons. The van der Waals surface area contributed by atoms with E-state index in [2.05, 4.69) is 21.7 Å². The summed E-state index contributed by atoms with van der Waals surface area (Å²) in [5.74, 6) is 5.99. The average molecular weight is 526 g/mol. The Labute approximate surface area is 220 Å². The molecule has 1 amide bonds. The zero-order valence-electron chi connectivity index (χ0n) is 20.5. The number of hydrogen-bond donors (Lipinski definition) is 3. The van der Waals surface area contributed by atoms with Crippen molar-refractivity contribution >= 4 is 28.4 Å². The minimum Gasteiger partial charge on any atom is -0.497 e. The van der Waals surface area contributed by atoms with Crippen LogP contribution in [0.4, 0.5) is 4.39 Å². The number of aliphatic hydroxyl groups excluding tert-OH is 1. The number of ether oxygens (including phenoxy) is 1. The van der Waals surface area contributed by atoms with E-state index in [1.807, 2.05) is 5.48 Å². The van der Waals surface area contributed by atoms with E-state index in [1.54, 1.807) is 37.4 Å². The summed E-state index contributed by atoms with van der Waals surface area (Å²) >= 11 is 6.44. The Kier molecular flexibility index (Phi) is 8.62. The summed E-state index contributed by atoms with van der Waals surface area (Å²) in [6.45, 7) is 1.73. The number of likely N-dealkylation sites (tertiary alicyclic amines) is 1. The molecule has 1 saturated heterocycles. The van der Waals surface area contributed by atoms with Crippen LogP contribution in [-0.4, -0.2) is 52.8 Å². The minimum atomic E-state index is -0.937. The van der Waals surface area contributed by atoms with Crippen molar-refractivity contribution < 1.29 is 24.2 Å². The number of amides is 1. The molecule has 1 aliphatic heterocycles. The van der Waals surface area contributed by atoms with Crippen molar-refractivity contribution in [2.75, 3.05) is 26.7 Å². The number of aromatic nitrogens is 1. The van der Waals surface area contributed by atoms with Crippen LogP contribution in [0.1, 0.15) is 42.9 Å². The number of benzene rings is 2. The Bertz CT molecular complexity index is 1310. The number of carbonyl (C=O) groups excluding carboxylic acids is 1. The van der Waals surface area contributed by atoms with Crippen molar-refractivity contribution in [3.63, 3.8) is 0 Å². The highest BCUT2D eigenvalue weighted by molar-refractivity contribution is 6.32. The highest BCUT2D eigenvalue weighted by Gasteiger charge is 2.41. The quantitative estimate of drug-likeness (QED) is 0.239. The lowest BCUT2D eigenvalue weighted by molar-refractivity contribution is -0.143. The summed E-state index contributed by atoms with van der Waals surface area (Å²) in [7, 11) is 1.56. The van der Waals surface area contributed by atoms with Gasteiger partial charge in [-0.3, -0.25) is 19.9 Å². The largest absolute Gasteiger partial charge is 0.497 e. The molecule has 0 bridgehead atoms. The van der Waals surface area contributed by atoms with Gasteiger partial charge in [-0.05, 0) is 68.1 Å². The number of nitrogens with one attached hydrogen (secondary N) is 1. The highest BCUT2D eigenvalue weighted by Crippen LogP contribution is 2.41. The Hall–Kier alpha value is -3.22. The second-order valence-corrected chi connectivity index (χ2v) is 9.67. The fourth-order valence-electron chi connectivity index (χ4n) is 4.83. The van der Waals surface area contributed by atoms with Gasteiger partial charge in [-0.1, -0.05) is 23.4 Å². The topological polar surface area (TPSA) is 94.9 Å². The fraction of sp³-hybridized carbons (Fsp3) is 0.357. The Morgan fingerprint density at radius 1 is 1.27 bits per heavy atom. The Morgan fingerprint density at radius 2 is 2.00 bits per heavy atom. The van der Waals surface area contributed by atoms with Gasteiger partial charge in [0, 0.05) is 35.8 Å². The van der Waals surface area contributed by atoms with Crippen LogP contribution in [0.5, 0.6) is 5.75 Å². The third-order valence-corrected chi connectivity index (χ3v) is 7.37. The number of fused-ring (bicyclic) bond motifs is 1. The smallest absolute Gasteiger partial charge is 0.249 e. The number of methoxy groups -OCH3 is 1. The summed E-state index contributed by atoms with van der Waals surface area (Å²) in [5, 5.41) is 21.6. The predicted octanol–water partition coefficient (Wildman–Crippen LogP) is 4.49. The van der Waals surface area contributed by atoms with E-state index in [-0.39, 0.29) is 12.2 Å². The molecule has 1 aromatic heterocycles. The molecule has 9 heteroatoms. The van der Waals surface area contributed by atoms with Crippen LogP contribution in [0.15, 0.2) is 48.7 Å². The van der Waals surface area contributed by atoms with Crippen LogP contribution in [-0.2, 0) is 4.79 Å². The van der Waals surface area contributed by atoms with Crippen LogP contribution in [0, 0.1) is 23.1 Å². The zero-order chi connectivity index (χ0) is 26.4. The average Bonchev–Trinajstić information content (AvgIpc) is 2.92. The number of piperidine rings is 1. The number of nitrogens with zero attached hydrogens (tertiary/aromatic N) is 2. The molecule has 0 radical (unpaired) electrons. The van der Waals surface area contributed by atoms with Crippen molar-refractivity contribution in [3.05, 3.63) is 70.6 Å². The van der Waals surface area contributed by atoms with E-state index in [9.17, 15) is 19.5 Å². The first kappa shape index (κ1) is 26.8. The molecule has 1 atom stereocenters. The van der Waals surface area contributed by atoms with E-state index < -0.39 is 17.4 Å². The molecule has 0 aliphatic carbocycles. The Balaban J connectivity index is 1.44. The Morgan fingerprint density at radius 3 is 2.68 bits per heavy atom. The molecule has 1 unspecified atom stereocenters. The maximum Gasteiger partial charge on any atom is 0.249 e. The highest BCUT2D eigenvalue weighted by atomic mass is 35.5. The standard InChI is InChI=1S/C28H29ClFN3O4/c1-37-21-8-9-24-22(17-21)26(23(29)18-31-24)25(34)10-11-28(27(35)32-36)12-15-33(16-13-28)14-2-3-19-4-6-20(30)7-5-19/h4-9,17-18,25,34,36H,10-16H2,1H3,(H,32,35). The number of halogens is 2. The van der Waals surface area contributed by atoms with E-state index in [4.69, 9.17) is 16.3 Å². The lowest BCUT2D eigenvalue weighted by Gasteiger charge is -2.40. The molecule has 0 saturated carbocycles. The molecule has 0 spiro atoms. The van der Waals surface area contributed by atoms with E-state index in [1.165, 1.54) is 18.3 Å². The first-order valence-corrected chi connectivity index (χ1v) is 12.4. The zero-order valence-corrected chi connectivity index (χ0v) is 21.3. The molecule has 3 aromatic rings. The van der Waals surface area contributed by atoms with E-state index in [0.717, 1.165) is 5.56 Å². The third-order valence-electron chi connectivity index (χ3n) is 7.07. The van der Waals surface area contributed by atoms with Crippen LogP contribution in [0.3, 0.4) is 0 Å². The van der Waals surface area contributed by atoms with Crippen molar-refractivity contribution in [2.24, 2.45) is 5.41 Å². The van der Waals surface area contributed by atoms with Crippen molar-refractivity contribution in [1.82, 2.24) is 15.4 Å². The lowest BCUT2D eigenvalue weighted by atomic mass is 9.73. The summed E-state index contributed by atoms with van der Waals surface area (Å²) in [4.78, 5) is 19.2. The van der Waals surface area contributed by atoms with Crippen LogP contribution in [0.2, 0.25) is 5.02 Å². The van der Waals surface area contributed by atoms with Crippen molar-refractivity contribution in [2.45, 2.75) is 31.8 Å². The molecule has 4 rings (SSSR count). The van der Waals surface area contributed by atoms with Gasteiger partial charge in [-0.25, -0.2) is 9.87 Å². The number of pyridine rings is 1. The monoisotopic (exact) mass is 525 g/mol. The van der Waals surface area contributed by atoms with Crippen molar-refractivity contribution in [1.29, 1.82) is 0 Å². The summed E-state index contributed by atoms with van der Waals surface area (Å²) < 4.78 is 18.4. The van der Waals surface area contributed by atoms with Gasteiger partial charge in [0.05, 0.1) is 35.7 Å². The van der Waals surface area contributed by atoms with Gasteiger partial charge in [-0.2, -0.15) is 0 Å². The maximum atomic E-state index is 13.1. The molecule has 7 nitrogen and oxygen atoms in total. The van der Waals surface area contributed by atoms with Crippen LogP contribution in [0.25, 0.3) is 10.9 Å². The molecular formula is C28H29ClFN3O4. The molecule has 2 aromatic carbocycles. The molecule has 37 heavy (non-hydrogen) atoms. The first-order valence-electron chi connectivity index (χ1n) is 12.1. The van der Waals surface area contributed by atoms with Gasteiger partial charge in [0.2, 0.25) is 5.91 Å². The van der Waals surface area contributed by atoms with Crippen LogP contribution >= 0.6 is 11.6 Å². The van der Waals surface area contributed by atoms with Crippen LogP contribution < -0.4 is 10.2 Å². The number of hydroxylamine groups is 1. The fourth-order valence-corrected chi connectivity index (χ4v) is 5.10. The molecule has 3 N–H and O–H groups in total. The number of rotatable bonds is 7. The predicted molar refractivity (Wildman–Crippen MR) is 139 cm³/mol. The molecule has 1 aliphatic rings. The van der Waals surface area contributed by atoms with Gasteiger partial charge in [0.15, 0.2) is 0 Å². The third kappa shape index (κ3) is 6.20. The molecule has 1 fully saturated rings. The summed E-state index contributed by atoms with van der Waals surface area (Å²) in [6, 6.07) is 11.4. The minimum absolute atomic E-state index is 0.272. The second-order valence-electron chi connectivity index (χ2n) is 9.26. The van der Waals surface area contributed by atoms with Crippen molar-refractivity contribution in [3.8, 4) is 17.6 Å². The van der Waals surface area contributed by atoms with Gasteiger partial charge >= 0.3 is 0 Å². The van der Waals surface area contributed by atoms with Gasteiger partial charge in [0.25, 0.3) is 0 Å². The van der Waals surface area contributed by atoms with Gasteiger partial charge in [0.1, 0.15) is 11.6 Å². The normalized spacial score (nSPS) is 16.0. The number of aliphatic hydroxyl groups is 1.